The fourth-order valence-corrected chi connectivity index (χ4v) is 2.99. The zero-order valence-corrected chi connectivity index (χ0v) is 16.5. The highest BCUT2D eigenvalue weighted by Crippen LogP contribution is 2.36. The fourth-order valence-electron chi connectivity index (χ4n) is 2.67. The molecule has 0 radical (unpaired) electrons. The van der Waals surface area contributed by atoms with Crippen LogP contribution in [0.3, 0.4) is 0 Å². The first-order valence-corrected chi connectivity index (χ1v) is 9.86. The van der Waals surface area contributed by atoms with Gasteiger partial charge < -0.3 is 9.47 Å². The maximum absolute atomic E-state index is 12.9. The predicted octanol–water partition coefficient (Wildman–Crippen LogP) is 4.57. The quantitative estimate of drug-likeness (QED) is 0.438. The number of aromatic nitrogens is 2. The Balaban J connectivity index is 0.00000109. The Morgan fingerprint density at radius 2 is 1.96 bits per heavy atom. The van der Waals surface area contributed by atoms with E-state index in [1.54, 1.807) is 6.20 Å². The Hall–Kier alpha value is -1.29. The minimum atomic E-state index is -4.59. The molecule has 3 rings (SSSR count). The molecule has 4 nitrogen and oxygen atoms in total. The molecule has 0 bridgehead atoms. The van der Waals surface area contributed by atoms with Crippen LogP contribution in [0, 0.1) is 6.92 Å². The van der Waals surface area contributed by atoms with E-state index < -0.39 is 22.7 Å². The van der Waals surface area contributed by atoms with Gasteiger partial charge in [0.25, 0.3) is 5.91 Å². The highest BCUT2D eigenvalue weighted by molar-refractivity contribution is 14.1. The molecule has 0 spiro atoms. The van der Waals surface area contributed by atoms with Crippen molar-refractivity contribution >= 4 is 40.1 Å². The number of nitrogens with zero attached hydrogens (tertiary/aromatic N) is 3. The number of halogens is 5. The van der Waals surface area contributed by atoms with Crippen LogP contribution < -0.4 is 0 Å². The molecule has 0 saturated carbocycles. The van der Waals surface area contributed by atoms with Gasteiger partial charge in [0.15, 0.2) is 0 Å². The van der Waals surface area contributed by atoms with E-state index >= 15 is 0 Å². The van der Waals surface area contributed by atoms with Gasteiger partial charge in [0, 0.05) is 25.0 Å². The molecule has 1 aliphatic rings. The molecule has 0 unspecified atom stereocenters. The normalized spacial score (nSPS) is 13.8. The SMILES string of the molecule is CI.Cc1cnc2n1CCN(C(=O)c1cccc(C(F)(F)F)c1Cl)C2. The number of amides is 1. The minimum absolute atomic E-state index is 0.141. The second kappa shape index (κ2) is 7.94. The summed E-state index contributed by atoms with van der Waals surface area (Å²) in [6.45, 7) is 3.12. The van der Waals surface area contributed by atoms with Crippen molar-refractivity contribution in [1.82, 2.24) is 14.5 Å². The van der Waals surface area contributed by atoms with E-state index in [4.69, 9.17) is 11.6 Å². The van der Waals surface area contributed by atoms with Crippen molar-refractivity contribution < 1.29 is 18.0 Å². The maximum atomic E-state index is 12.9. The number of hydrogen-bond acceptors (Lipinski definition) is 2. The Bertz CT molecular complexity index is 776. The summed E-state index contributed by atoms with van der Waals surface area (Å²) >= 11 is 7.97. The molecule has 0 aliphatic carbocycles. The predicted molar refractivity (Wildman–Crippen MR) is 98.1 cm³/mol. The number of carbonyl (C=O) groups excluding carboxylic acids is 1. The smallest absolute Gasteiger partial charge is 0.329 e. The molecule has 9 heteroatoms. The van der Waals surface area contributed by atoms with Gasteiger partial charge in [0.05, 0.1) is 22.7 Å². The van der Waals surface area contributed by atoms with Crippen LogP contribution in [-0.2, 0) is 19.3 Å². The molecule has 0 N–H and O–H groups in total. The topological polar surface area (TPSA) is 38.1 Å². The van der Waals surface area contributed by atoms with Crippen LogP contribution in [0.5, 0.6) is 0 Å². The molecule has 136 valence electrons. The molecule has 2 aromatic rings. The number of imidazole rings is 1. The summed E-state index contributed by atoms with van der Waals surface area (Å²) in [5.41, 5.74) is -0.151. The molecule has 1 amide bonds. The van der Waals surface area contributed by atoms with E-state index in [0.717, 1.165) is 11.8 Å². The number of aryl methyl sites for hydroxylation is 1. The summed E-state index contributed by atoms with van der Waals surface area (Å²) in [6.07, 6.45) is -2.89. The molecular formula is C16H16ClF3IN3O. The summed E-state index contributed by atoms with van der Waals surface area (Å²) in [5.74, 6) is 0.193. The van der Waals surface area contributed by atoms with Gasteiger partial charge in [-0.1, -0.05) is 40.3 Å². The summed E-state index contributed by atoms with van der Waals surface area (Å²) in [6, 6.07) is 3.37. The molecule has 0 atom stereocenters. The lowest BCUT2D eigenvalue weighted by Gasteiger charge is -2.29. The first kappa shape index (κ1) is 20.0. The van der Waals surface area contributed by atoms with E-state index in [2.05, 4.69) is 27.6 Å². The van der Waals surface area contributed by atoms with Gasteiger partial charge in [0.2, 0.25) is 0 Å². The van der Waals surface area contributed by atoms with E-state index in [1.807, 2.05) is 16.4 Å². The fraction of sp³-hybridized carbons (Fsp3) is 0.375. The van der Waals surface area contributed by atoms with Gasteiger partial charge in [-0.3, -0.25) is 4.79 Å². The lowest BCUT2D eigenvalue weighted by atomic mass is 10.1. The molecule has 1 aromatic carbocycles. The number of fused-ring (bicyclic) bond motifs is 1. The number of rotatable bonds is 1. The van der Waals surface area contributed by atoms with E-state index in [1.165, 1.54) is 17.0 Å². The molecule has 1 aromatic heterocycles. The number of alkyl halides is 4. The first-order chi connectivity index (χ1) is 11.8. The van der Waals surface area contributed by atoms with Crippen LogP contribution in [0.4, 0.5) is 13.2 Å². The van der Waals surface area contributed by atoms with Crippen LogP contribution >= 0.6 is 34.2 Å². The highest BCUT2D eigenvalue weighted by atomic mass is 127. The average Bonchev–Trinajstić information content (AvgIpc) is 2.96. The molecule has 1 aliphatic heterocycles. The Labute approximate surface area is 162 Å². The minimum Gasteiger partial charge on any atom is -0.329 e. The Morgan fingerprint density at radius 3 is 2.60 bits per heavy atom. The summed E-state index contributed by atoms with van der Waals surface area (Å²) in [7, 11) is 0. The van der Waals surface area contributed by atoms with Crippen LogP contribution in [0.2, 0.25) is 5.02 Å². The van der Waals surface area contributed by atoms with Crippen molar-refractivity contribution in [2.45, 2.75) is 26.2 Å². The standard InChI is InChI=1S/C15H13ClF3N3O.CH3I/c1-9-7-20-12-8-21(5-6-22(9)12)14(23)10-3-2-4-11(13(10)16)15(17,18)19;1-2/h2-4,7H,5-6,8H2,1H3;1H3. The van der Waals surface area contributed by atoms with Gasteiger partial charge in [-0.15, -0.1) is 0 Å². The Morgan fingerprint density at radius 1 is 1.28 bits per heavy atom. The number of benzene rings is 1. The van der Waals surface area contributed by atoms with Crippen LogP contribution in [-0.4, -0.2) is 31.8 Å². The van der Waals surface area contributed by atoms with Gasteiger partial charge in [-0.25, -0.2) is 4.98 Å². The van der Waals surface area contributed by atoms with Crippen LogP contribution in [0.25, 0.3) is 0 Å². The third kappa shape index (κ3) is 4.11. The molecule has 2 heterocycles. The Kier molecular flexibility index (Phi) is 6.36. The van der Waals surface area contributed by atoms with Crippen molar-refractivity contribution in [3.05, 3.63) is 52.1 Å². The third-order valence-corrected chi connectivity index (χ3v) is 4.29. The van der Waals surface area contributed by atoms with Crippen molar-refractivity contribution in [2.24, 2.45) is 0 Å². The molecule has 25 heavy (non-hydrogen) atoms. The zero-order valence-electron chi connectivity index (χ0n) is 13.6. The summed E-state index contributed by atoms with van der Waals surface area (Å²) in [4.78, 5) is 20.2. The largest absolute Gasteiger partial charge is 0.417 e. The van der Waals surface area contributed by atoms with E-state index in [0.29, 0.717) is 18.9 Å². The maximum Gasteiger partial charge on any atom is 0.417 e. The number of hydrogen-bond donors (Lipinski definition) is 0. The highest BCUT2D eigenvalue weighted by Gasteiger charge is 2.35. The second-order valence-corrected chi connectivity index (χ2v) is 5.74. The average molecular weight is 486 g/mol. The van der Waals surface area contributed by atoms with Gasteiger partial charge in [0.1, 0.15) is 5.82 Å². The van der Waals surface area contributed by atoms with Crippen molar-refractivity contribution in [3.63, 3.8) is 0 Å². The van der Waals surface area contributed by atoms with Crippen molar-refractivity contribution in [1.29, 1.82) is 0 Å². The summed E-state index contributed by atoms with van der Waals surface area (Å²) < 4.78 is 40.7. The summed E-state index contributed by atoms with van der Waals surface area (Å²) in [5, 5.41) is -0.560. The van der Waals surface area contributed by atoms with Crippen LogP contribution in [0.1, 0.15) is 27.4 Å². The van der Waals surface area contributed by atoms with Gasteiger partial charge in [-0.05, 0) is 24.0 Å². The van der Waals surface area contributed by atoms with Gasteiger partial charge in [-0.2, -0.15) is 13.2 Å². The zero-order chi connectivity index (χ0) is 18.8. The third-order valence-electron chi connectivity index (χ3n) is 3.89. The molecular weight excluding hydrogens is 470 g/mol. The van der Waals surface area contributed by atoms with E-state index in [-0.39, 0.29) is 12.1 Å². The molecule has 0 saturated heterocycles. The lowest BCUT2D eigenvalue weighted by molar-refractivity contribution is -0.137. The molecule has 0 fully saturated rings. The first-order valence-electron chi connectivity index (χ1n) is 7.33. The monoisotopic (exact) mass is 485 g/mol. The number of carbonyl (C=O) groups is 1. The van der Waals surface area contributed by atoms with Crippen molar-refractivity contribution in [2.75, 3.05) is 11.5 Å². The van der Waals surface area contributed by atoms with Crippen molar-refractivity contribution in [3.8, 4) is 0 Å². The van der Waals surface area contributed by atoms with Gasteiger partial charge >= 0.3 is 6.18 Å². The second-order valence-electron chi connectivity index (χ2n) is 5.36. The van der Waals surface area contributed by atoms with E-state index in [9.17, 15) is 18.0 Å². The van der Waals surface area contributed by atoms with Crippen LogP contribution in [0.15, 0.2) is 24.4 Å². The lowest BCUT2D eigenvalue weighted by Crippen LogP contribution is -2.38.